The van der Waals surface area contributed by atoms with Gasteiger partial charge in [0.15, 0.2) is 5.84 Å². The molecule has 1 amide bonds. The number of aryl methyl sites for hydroxylation is 2. The first-order valence-corrected chi connectivity index (χ1v) is 13.0. The predicted octanol–water partition coefficient (Wildman–Crippen LogP) is 6.06. The van der Waals surface area contributed by atoms with Crippen LogP contribution in [-0.4, -0.2) is 38.1 Å². The van der Waals surface area contributed by atoms with Crippen molar-refractivity contribution in [2.24, 2.45) is 10.1 Å². The number of nitrogens with one attached hydrogen (secondary N) is 1. The fraction of sp³-hybridized carbons (Fsp3) is 0.286. The van der Waals surface area contributed by atoms with Gasteiger partial charge in [0.25, 0.3) is 5.91 Å². The standard InChI is InChI=1S/C28H29N5O2S/c1-5-8-25-31-33-26(29)22(27(34)30-28(33)36-25)16-21-19(4)32(23-10-7-6-9-20(21)23)13-14-35-24-12-11-17(2)15-18(24)3/h6-7,9-12,15-16,29H,5,8,13-14H2,1-4H3/b22-16-,29-26?. The Morgan fingerprint density at radius 1 is 1.14 bits per heavy atom. The number of benzene rings is 2. The lowest BCUT2D eigenvalue weighted by Crippen LogP contribution is -2.35. The summed E-state index contributed by atoms with van der Waals surface area (Å²) in [5, 5.41) is 17.1. The molecule has 0 unspecified atom stereocenters. The van der Waals surface area contributed by atoms with Crippen molar-refractivity contribution < 1.29 is 9.53 Å². The Morgan fingerprint density at radius 2 is 1.94 bits per heavy atom. The van der Waals surface area contributed by atoms with Gasteiger partial charge in [-0.15, -0.1) is 0 Å². The van der Waals surface area contributed by atoms with Crippen LogP contribution in [-0.2, 0) is 11.3 Å². The largest absolute Gasteiger partial charge is 0.491 e. The number of hydrazone groups is 1. The Labute approximate surface area is 215 Å². The lowest BCUT2D eigenvalue weighted by Gasteiger charge is -2.20. The summed E-state index contributed by atoms with van der Waals surface area (Å²) in [5.74, 6) is 0.553. The third-order valence-electron chi connectivity index (χ3n) is 6.43. The number of aliphatic imine (C=N–C) groups is 1. The van der Waals surface area contributed by atoms with E-state index < -0.39 is 5.91 Å². The smallest absolute Gasteiger partial charge is 0.283 e. The number of thioether (sulfide) groups is 1. The lowest BCUT2D eigenvalue weighted by molar-refractivity contribution is -0.114. The van der Waals surface area contributed by atoms with Gasteiger partial charge in [-0.1, -0.05) is 42.8 Å². The van der Waals surface area contributed by atoms with Crippen LogP contribution in [0.3, 0.4) is 0 Å². The fourth-order valence-electron chi connectivity index (χ4n) is 4.63. The van der Waals surface area contributed by atoms with E-state index in [2.05, 4.69) is 53.6 Å². The number of ether oxygens (including phenoxy) is 1. The first-order chi connectivity index (χ1) is 17.4. The summed E-state index contributed by atoms with van der Waals surface area (Å²) in [6.07, 6.45) is 3.54. The number of hydrogen-bond acceptors (Lipinski definition) is 5. The molecule has 8 heteroatoms. The summed E-state index contributed by atoms with van der Waals surface area (Å²) in [5.41, 5.74) is 5.56. The monoisotopic (exact) mass is 499 g/mol. The van der Waals surface area contributed by atoms with Crippen LogP contribution in [0.2, 0.25) is 0 Å². The Morgan fingerprint density at radius 3 is 2.72 bits per heavy atom. The molecular formula is C28H29N5O2S. The molecule has 2 aliphatic heterocycles. The average Bonchev–Trinajstić information content (AvgIpc) is 3.37. The fourth-order valence-corrected chi connectivity index (χ4v) is 5.61. The van der Waals surface area contributed by atoms with Crippen molar-refractivity contribution in [1.82, 2.24) is 9.58 Å². The summed E-state index contributed by atoms with van der Waals surface area (Å²) < 4.78 is 8.31. The zero-order valence-corrected chi connectivity index (χ0v) is 21.8. The number of aromatic nitrogens is 1. The molecule has 2 aliphatic rings. The topological polar surface area (TPSA) is 83.0 Å². The molecule has 36 heavy (non-hydrogen) atoms. The van der Waals surface area contributed by atoms with E-state index in [1.165, 1.54) is 22.3 Å². The summed E-state index contributed by atoms with van der Waals surface area (Å²) in [4.78, 5) is 17.2. The van der Waals surface area contributed by atoms with Crippen LogP contribution >= 0.6 is 11.8 Å². The molecule has 0 radical (unpaired) electrons. The van der Waals surface area contributed by atoms with Crippen molar-refractivity contribution in [2.45, 2.75) is 47.1 Å². The summed E-state index contributed by atoms with van der Waals surface area (Å²) >= 11 is 1.37. The van der Waals surface area contributed by atoms with Crippen LogP contribution in [0.25, 0.3) is 17.0 Å². The third kappa shape index (κ3) is 4.37. The molecule has 0 saturated carbocycles. The van der Waals surface area contributed by atoms with Gasteiger partial charge in [0.2, 0.25) is 5.17 Å². The Kier molecular flexibility index (Phi) is 6.53. The van der Waals surface area contributed by atoms with Crippen LogP contribution in [0.15, 0.2) is 58.1 Å². The normalized spacial score (nSPS) is 16.6. The molecule has 0 bridgehead atoms. The van der Waals surface area contributed by atoms with Crippen LogP contribution in [0.1, 0.15) is 42.1 Å². The first-order valence-electron chi connectivity index (χ1n) is 12.1. The molecule has 5 rings (SSSR count). The van der Waals surface area contributed by atoms with Gasteiger partial charge < -0.3 is 9.30 Å². The molecule has 1 aromatic heterocycles. The van der Waals surface area contributed by atoms with Crippen molar-refractivity contribution in [1.29, 1.82) is 5.41 Å². The van der Waals surface area contributed by atoms with E-state index >= 15 is 0 Å². The Bertz CT molecular complexity index is 1480. The maximum atomic E-state index is 12.9. The second kappa shape index (κ2) is 9.78. The quantitative estimate of drug-likeness (QED) is 0.400. The van der Waals surface area contributed by atoms with Crippen LogP contribution in [0.5, 0.6) is 5.75 Å². The van der Waals surface area contributed by atoms with Crippen molar-refractivity contribution in [3.05, 3.63) is 70.4 Å². The molecule has 0 saturated heterocycles. The van der Waals surface area contributed by atoms with Crippen molar-refractivity contribution in [3.63, 3.8) is 0 Å². The highest BCUT2D eigenvalue weighted by Gasteiger charge is 2.35. The number of carbonyl (C=O) groups excluding carboxylic acids is 1. The van der Waals surface area contributed by atoms with Gasteiger partial charge >= 0.3 is 0 Å². The molecule has 2 aromatic carbocycles. The van der Waals surface area contributed by atoms with Gasteiger partial charge in [-0.05, 0) is 69.1 Å². The highest BCUT2D eigenvalue weighted by Crippen LogP contribution is 2.33. The van der Waals surface area contributed by atoms with Crippen molar-refractivity contribution >= 4 is 50.7 Å². The minimum absolute atomic E-state index is 0.0676. The highest BCUT2D eigenvalue weighted by atomic mass is 32.2. The van der Waals surface area contributed by atoms with E-state index in [0.29, 0.717) is 18.3 Å². The van der Waals surface area contributed by atoms with Gasteiger partial charge in [-0.25, -0.2) is 0 Å². The average molecular weight is 500 g/mol. The molecule has 1 N–H and O–H groups in total. The SMILES string of the molecule is CCCC1=NN2C(=N)/C(=C/c3c(C)n(CCOc4ccc(C)cc4C)c4ccccc34)C(=O)N=C2S1. The highest BCUT2D eigenvalue weighted by molar-refractivity contribution is 8.26. The van der Waals surface area contributed by atoms with Gasteiger partial charge in [0.05, 0.1) is 12.1 Å². The molecule has 3 aromatic rings. The zero-order valence-electron chi connectivity index (χ0n) is 21.0. The van der Waals surface area contributed by atoms with E-state index in [-0.39, 0.29) is 11.4 Å². The summed E-state index contributed by atoms with van der Waals surface area (Å²) in [7, 11) is 0. The number of fused-ring (bicyclic) bond motifs is 2. The molecule has 3 heterocycles. The molecule has 0 fully saturated rings. The van der Waals surface area contributed by atoms with E-state index in [1.54, 1.807) is 6.08 Å². The zero-order chi connectivity index (χ0) is 25.4. The molecule has 0 atom stereocenters. The van der Waals surface area contributed by atoms with Crippen molar-refractivity contribution in [2.75, 3.05) is 6.61 Å². The van der Waals surface area contributed by atoms with Gasteiger partial charge in [0, 0.05) is 22.2 Å². The number of hydrogen-bond donors (Lipinski definition) is 1. The van der Waals surface area contributed by atoms with E-state index in [0.717, 1.165) is 51.4 Å². The molecular weight excluding hydrogens is 470 g/mol. The van der Waals surface area contributed by atoms with Crippen LogP contribution < -0.4 is 4.74 Å². The second-order valence-electron chi connectivity index (χ2n) is 9.05. The number of amides is 1. The lowest BCUT2D eigenvalue weighted by atomic mass is 10.1. The molecule has 184 valence electrons. The maximum Gasteiger partial charge on any atom is 0.283 e. The van der Waals surface area contributed by atoms with E-state index in [9.17, 15) is 4.79 Å². The minimum atomic E-state index is -0.402. The molecule has 0 aliphatic carbocycles. The molecule has 7 nitrogen and oxygen atoms in total. The summed E-state index contributed by atoms with van der Waals surface area (Å²) in [6, 6.07) is 14.3. The number of rotatable bonds is 7. The van der Waals surface area contributed by atoms with Crippen LogP contribution in [0, 0.1) is 26.2 Å². The second-order valence-corrected chi connectivity index (χ2v) is 10.1. The predicted molar refractivity (Wildman–Crippen MR) is 148 cm³/mol. The summed E-state index contributed by atoms with van der Waals surface area (Å²) in [6.45, 7) is 9.42. The van der Waals surface area contributed by atoms with E-state index in [1.807, 2.05) is 31.2 Å². The van der Waals surface area contributed by atoms with E-state index in [4.69, 9.17) is 10.1 Å². The van der Waals surface area contributed by atoms with Gasteiger partial charge in [0.1, 0.15) is 17.4 Å². The van der Waals surface area contributed by atoms with Crippen LogP contribution in [0.4, 0.5) is 0 Å². The number of amidine groups is 2. The third-order valence-corrected chi connectivity index (χ3v) is 7.40. The number of nitrogens with zero attached hydrogens (tertiary/aromatic N) is 4. The van der Waals surface area contributed by atoms with Crippen molar-refractivity contribution in [3.8, 4) is 5.75 Å². The Hall–Kier alpha value is -3.65. The number of carbonyl (C=O) groups is 1. The van der Waals surface area contributed by atoms with Gasteiger partial charge in [-0.2, -0.15) is 15.1 Å². The Balaban J connectivity index is 1.46. The number of para-hydroxylation sites is 1. The maximum absolute atomic E-state index is 12.9. The van der Waals surface area contributed by atoms with Gasteiger partial charge in [-0.3, -0.25) is 10.2 Å². The first kappa shape index (κ1) is 24.1. The molecule has 0 spiro atoms. The minimum Gasteiger partial charge on any atom is -0.491 e.